The summed E-state index contributed by atoms with van der Waals surface area (Å²) in [6, 6.07) is 11.7. The molecule has 174 valence electrons. The molecule has 2 aromatic rings. The van der Waals surface area contributed by atoms with E-state index in [1.165, 1.54) is 12.1 Å². The fourth-order valence-electron chi connectivity index (χ4n) is 6.94. The van der Waals surface area contributed by atoms with Crippen molar-refractivity contribution in [2.45, 2.75) is 38.3 Å². The van der Waals surface area contributed by atoms with E-state index in [2.05, 4.69) is 4.90 Å². The van der Waals surface area contributed by atoms with Crippen molar-refractivity contribution in [1.29, 1.82) is 0 Å². The molecule has 0 aliphatic carbocycles. The summed E-state index contributed by atoms with van der Waals surface area (Å²) in [7, 11) is 0. The molecule has 4 atom stereocenters. The maximum Gasteiger partial charge on any atom is 0.274 e. The van der Waals surface area contributed by atoms with Crippen LogP contribution in [-0.4, -0.2) is 46.7 Å². The third-order valence-corrected chi connectivity index (χ3v) is 8.18. The number of para-hydroxylation sites is 1. The number of nitrogens with zero attached hydrogens (tertiary/aromatic N) is 4. The van der Waals surface area contributed by atoms with Crippen LogP contribution in [0.3, 0.4) is 0 Å². The molecule has 0 N–H and O–H groups in total. The quantitative estimate of drug-likeness (QED) is 0.396. The van der Waals surface area contributed by atoms with Gasteiger partial charge in [-0.15, -0.1) is 0 Å². The molecule has 9 nitrogen and oxygen atoms in total. The highest BCUT2D eigenvalue weighted by molar-refractivity contribution is 6.26. The van der Waals surface area contributed by atoms with Crippen LogP contribution in [0.4, 0.5) is 17.1 Å². The van der Waals surface area contributed by atoms with Gasteiger partial charge in [0.05, 0.1) is 28.0 Å². The van der Waals surface area contributed by atoms with Crippen molar-refractivity contribution in [1.82, 2.24) is 4.90 Å². The molecule has 0 aromatic heterocycles. The average molecular weight is 460 g/mol. The lowest BCUT2D eigenvalue weighted by atomic mass is 9.75. The molecule has 34 heavy (non-hydrogen) atoms. The highest BCUT2D eigenvalue weighted by atomic mass is 16.6. The number of hydrogen-bond acceptors (Lipinski definition) is 6. The van der Waals surface area contributed by atoms with Gasteiger partial charge in [0.15, 0.2) is 0 Å². The maximum atomic E-state index is 14.1. The predicted octanol–water partition coefficient (Wildman–Crippen LogP) is 2.75. The number of benzene rings is 2. The molecule has 3 saturated heterocycles. The van der Waals surface area contributed by atoms with E-state index in [-0.39, 0.29) is 34.8 Å². The Hall–Kier alpha value is -3.59. The van der Waals surface area contributed by atoms with E-state index in [1.54, 1.807) is 17.9 Å². The lowest BCUT2D eigenvalue weighted by molar-refractivity contribution is -0.385. The first-order valence-corrected chi connectivity index (χ1v) is 11.7. The molecule has 0 unspecified atom stereocenters. The SMILES string of the molecule is CCN1C(=O)[C@]2(c3ccccc31)[C@@H]1C(=O)N(c3cccc([N+](=O)[O-])c3C)C(=O)[C@@H]1[C@H]1CCCN12. The zero-order chi connectivity index (χ0) is 23.9. The first-order valence-electron chi connectivity index (χ1n) is 11.7. The van der Waals surface area contributed by atoms with Crippen LogP contribution in [0.1, 0.15) is 30.9 Å². The van der Waals surface area contributed by atoms with Gasteiger partial charge < -0.3 is 4.90 Å². The summed E-state index contributed by atoms with van der Waals surface area (Å²) in [6.07, 6.45) is 1.57. The van der Waals surface area contributed by atoms with E-state index < -0.39 is 28.2 Å². The Morgan fingerprint density at radius 3 is 2.53 bits per heavy atom. The number of amides is 3. The Bertz CT molecular complexity index is 1290. The van der Waals surface area contributed by atoms with Gasteiger partial charge in [-0.05, 0) is 45.4 Å². The van der Waals surface area contributed by atoms with Gasteiger partial charge in [0.25, 0.3) is 11.6 Å². The summed E-state index contributed by atoms with van der Waals surface area (Å²) in [5.74, 6) is -2.51. The summed E-state index contributed by atoms with van der Waals surface area (Å²) in [6.45, 7) is 4.56. The third-order valence-electron chi connectivity index (χ3n) is 8.18. The number of rotatable bonds is 3. The molecule has 0 saturated carbocycles. The third kappa shape index (κ3) is 2.25. The van der Waals surface area contributed by atoms with Gasteiger partial charge in [0.2, 0.25) is 11.8 Å². The Morgan fingerprint density at radius 1 is 1.06 bits per heavy atom. The number of likely N-dealkylation sites (N-methyl/N-ethyl adjacent to an activating group) is 1. The average Bonchev–Trinajstić information content (AvgIpc) is 3.52. The first kappa shape index (κ1) is 21.0. The minimum absolute atomic E-state index is 0.146. The summed E-state index contributed by atoms with van der Waals surface area (Å²) in [5.41, 5.74) is 0.678. The first-order chi connectivity index (χ1) is 16.4. The molecule has 6 rings (SSSR count). The Morgan fingerprint density at radius 2 is 1.79 bits per heavy atom. The topological polar surface area (TPSA) is 104 Å². The largest absolute Gasteiger partial charge is 0.310 e. The lowest BCUT2D eigenvalue weighted by Gasteiger charge is -2.37. The molecule has 0 radical (unpaired) electrons. The van der Waals surface area contributed by atoms with Crippen LogP contribution < -0.4 is 9.80 Å². The van der Waals surface area contributed by atoms with Crippen LogP contribution in [0.5, 0.6) is 0 Å². The van der Waals surface area contributed by atoms with Crippen molar-refractivity contribution in [3.63, 3.8) is 0 Å². The Labute approximate surface area is 196 Å². The minimum atomic E-state index is -1.23. The van der Waals surface area contributed by atoms with E-state index >= 15 is 0 Å². The van der Waals surface area contributed by atoms with Crippen molar-refractivity contribution in [2.75, 3.05) is 22.9 Å². The fraction of sp³-hybridized carbons (Fsp3) is 0.400. The molecule has 3 amide bonds. The monoisotopic (exact) mass is 460 g/mol. The zero-order valence-corrected chi connectivity index (χ0v) is 18.9. The maximum absolute atomic E-state index is 14.1. The Kier molecular flexibility index (Phi) is 4.29. The van der Waals surface area contributed by atoms with Gasteiger partial charge in [0.1, 0.15) is 5.54 Å². The van der Waals surface area contributed by atoms with Crippen LogP contribution in [0.15, 0.2) is 42.5 Å². The molecule has 4 aliphatic rings. The number of carbonyl (C=O) groups is 3. The van der Waals surface area contributed by atoms with Gasteiger partial charge in [0, 0.05) is 29.9 Å². The van der Waals surface area contributed by atoms with Crippen LogP contribution >= 0.6 is 0 Å². The normalized spacial score (nSPS) is 29.8. The smallest absolute Gasteiger partial charge is 0.274 e. The Balaban J connectivity index is 1.56. The molecule has 2 aromatic carbocycles. The number of hydrogen-bond donors (Lipinski definition) is 0. The van der Waals surface area contributed by atoms with E-state index in [4.69, 9.17) is 0 Å². The second-order valence-corrected chi connectivity index (χ2v) is 9.43. The molecular weight excluding hydrogens is 436 g/mol. The molecule has 4 aliphatic heterocycles. The molecule has 4 heterocycles. The van der Waals surface area contributed by atoms with E-state index in [9.17, 15) is 24.5 Å². The molecule has 3 fully saturated rings. The highest BCUT2D eigenvalue weighted by Crippen LogP contribution is 2.62. The van der Waals surface area contributed by atoms with Gasteiger partial charge in [-0.3, -0.25) is 29.4 Å². The second kappa shape index (κ2) is 6.96. The summed E-state index contributed by atoms with van der Waals surface area (Å²) >= 11 is 0. The number of carbonyl (C=O) groups excluding carboxylic acids is 3. The van der Waals surface area contributed by atoms with Crippen molar-refractivity contribution >= 4 is 34.8 Å². The number of nitro groups is 1. The fourth-order valence-corrected chi connectivity index (χ4v) is 6.94. The lowest BCUT2D eigenvalue weighted by Crippen LogP contribution is -2.56. The van der Waals surface area contributed by atoms with Gasteiger partial charge in [-0.25, -0.2) is 4.90 Å². The van der Waals surface area contributed by atoms with Crippen LogP contribution in [0.2, 0.25) is 0 Å². The highest BCUT2D eigenvalue weighted by Gasteiger charge is 2.75. The number of imide groups is 1. The standard InChI is InChI=1S/C25H24N4O5/c1-3-26-18-9-5-4-8-15(18)25(24(26)32)21-20(19-12-7-13-27(19)25)22(30)28(23(21)31)16-10-6-11-17(14(16)2)29(33)34/h4-6,8-11,19-21H,3,7,12-13H2,1-2H3/t19-,20-,21+,25+/m1/s1. The molecule has 9 heteroatoms. The number of fused-ring (bicyclic) bond motifs is 7. The van der Waals surface area contributed by atoms with E-state index in [1.807, 2.05) is 31.2 Å². The van der Waals surface area contributed by atoms with Crippen molar-refractivity contribution in [3.05, 3.63) is 63.7 Å². The van der Waals surface area contributed by atoms with Crippen LogP contribution in [0.25, 0.3) is 0 Å². The van der Waals surface area contributed by atoms with Crippen molar-refractivity contribution in [2.24, 2.45) is 11.8 Å². The van der Waals surface area contributed by atoms with E-state index in [0.717, 1.165) is 29.0 Å². The summed E-state index contributed by atoms with van der Waals surface area (Å²) in [4.78, 5) is 58.0. The minimum Gasteiger partial charge on any atom is -0.310 e. The predicted molar refractivity (Wildman–Crippen MR) is 123 cm³/mol. The van der Waals surface area contributed by atoms with Crippen molar-refractivity contribution < 1.29 is 19.3 Å². The zero-order valence-electron chi connectivity index (χ0n) is 18.9. The second-order valence-electron chi connectivity index (χ2n) is 9.43. The van der Waals surface area contributed by atoms with E-state index in [0.29, 0.717) is 13.1 Å². The van der Waals surface area contributed by atoms with Crippen molar-refractivity contribution in [3.8, 4) is 0 Å². The van der Waals surface area contributed by atoms with Gasteiger partial charge in [-0.2, -0.15) is 0 Å². The van der Waals surface area contributed by atoms with Crippen LogP contribution in [0, 0.1) is 28.9 Å². The molecular formula is C25H24N4O5. The molecule has 0 bridgehead atoms. The summed E-state index contributed by atoms with van der Waals surface area (Å²) in [5, 5.41) is 11.5. The van der Waals surface area contributed by atoms with Gasteiger partial charge >= 0.3 is 0 Å². The van der Waals surface area contributed by atoms with Gasteiger partial charge in [-0.1, -0.05) is 24.3 Å². The number of anilines is 2. The molecule has 1 spiro atoms. The van der Waals surface area contributed by atoms with Crippen LogP contribution in [-0.2, 0) is 19.9 Å². The summed E-state index contributed by atoms with van der Waals surface area (Å²) < 4.78 is 0. The number of nitro benzene ring substituents is 1.